The standard InChI is InChI=1S/C18H23NO5/c1-23-15-8-4-5-9-16(15)24-11-17(20)19-13-7-3-2-6-12(13)10-14(19)18(21)22/h4-5,8-9,12-14H,2-3,6-7,10-11H2,1H3,(H,21,22). The van der Waals surface area contributed by atoms with Crippen molar-refractivity contribution in [2.75, 3.05) is 13.7 Å². The molecule has 0 radical (unpaired) electrons. The van der Waals surface area contributed by atoms with Crippen LogP contribution in [0.3, 0.4) is 0 Å². The zero-order valence-corrected chi connectivity index (χ0v) is 13.8. The third-order valence-electron chi connectivity index (χ3n) is 5.08. The summed E-state index contributed by atoms with van der Waals surface area (Å²) in [5, 5.41) is 9.49. The van der Waals surface area contributed by atoms with Crippen LogP contribution in [0.4, 0.5) is 0 Å². The summed E-state index contributed by atoms with van der Waals surface area (Å²) in [6.07, 6.45) is 4.61. The van der Waals surface area contributed by atoms with E-state index in [-0.39, 0.29) is 18.6 Å². The monoisotopic (exact) mass is 333 g/mol. The highest BCUT2D eigenvalue weighted by atomic mass is 16.5. The van der Waals surface area contributed by atoms with Gasteiger partial charge >= 0.3 is 5.97 Å². The van der Waals surface area contributed by atoms with Gasteiger partial charge in [0.1, 0.15) is 6.04 Å². The number of carbonyl (C=O) groups is 2. The SMILES string of the molecule is COc1ccccc1OCC(=O)N1C(C(=O)O)CC2CCCCC21. The molecule has 3 unspecified atom stereocenters. The minimum Gasteiger partial charge on any atom is -0.493 e. The number of nitrogens with zero attached hydrogens (tertiary/aromatic N) is 1. The third-order valence-corrected chi connectivity index (χ3v) is 5.08. The van der Waals surface area contributed by atoms with Gasteiger partial charge in [-0.05, 0) is 37.3 Å². The van der Waals surface area contributed by atoms with Gasteiger partial charge in [-0.15, -0.1) is 0 Å². The molecule has 1 aliphatic carbocycles. The second-order valence-electron chi connectivity index (χ2n) is 6.44. The lowest BCUT2D eigenvalue weighted by atomic mass is 9.85. The zero-order valence-electron chi connectivity index (χ0n) is 13.8. The number of carboxylic acids is 1. The highest BCUT2D eigenvalue weighted by Gasteiger charge is 2.47. The van der Waals surface area contributed by atoms with Gasteiger partial charge in [-0.3, -0.25) is 4.79 Å². The molecule has 6 nitrogen and oxygen atoms in total. The van der Waals surface area contributed by atoms with Crippen LogP contribution in [-0.4, -0.2) is 47.7 Å². The summed E-state index contributed by atoms with van der Waals surface area (Å²) in [4.78, 5) is 25.8. The number of ether oxygens (including phenoxy) is 2. The number of carbonyl (C=O) groups excluding carboxylic acids is 1. The second kappa shape index (κ2) is 7.11. The molecular weight excluding hydrogens is 310 g/mol. The fourth-order valence-corrected chi connectivity index (χ4v) is 3.99. The number of para-hydroxylation sites is 2. The maximum Gasteiger partial charge on any atom is 0.326 e. The molecule has 0 bridgehead atoms. The van der Waals surface area contributed by atoms with E-state index in [2.05, 4.69) is 0 Å². The third kappa shape index (κ3) is 3.18. The molecule has 130 valence electrons. The summed E-state index contributed by atoms with van der Waals surface area (Å²) < 4.78 is 10.8. The Hall–Kier alpha value is -2.24. The highest BCUT2D eigenvalue weighted by Crippen LogP contribution is 2.40. The lowest BCUT2D eigenvalue weighted by Crippen LogP contribution is -2.48. The number of hydrogen-bond acceptors (Lipinski definition) is 4. The summed E-state index contributed by atoms with van der Waals surface area (Å²) in [6, 6.07) is 6.41. The molecule has 1 heterocycles. The van der Waals surface area contributed by atoms with E-state index >= 15 is 0 Å². The molecule has 1 aromatic carbocycles. The minimum atomic E-state index is -0.921. The van der Waals surface area contributed by atoms with Gasteiger partial charge in [0.2, 0.25) is 0 Å². The number of carboxylic acid groups (broad SMARTS) is 1. The molecule has 1 aliphatic heterocycles. The molecule has 0 spiro atoms. The van der Waals surface area contributed by atoms with Crippen LogP contribution in [-0.2, 0) is 9.59 Å². The fraction of sp³-hybridized carbons (Fsp3) is 0.556. The van der Waals surface area contributed by atoms with Gasteiger partial charge in [-0.2, -0.15) is 0 Å². The van der Waals surface area contributed by atoms with Crippen LogP contribution < -0.4 is 9.47 Å². The van der Waals surface area contributed by atoms with E-state index in [9.17, 15) is 14.7 Å². The van der Waals surface area contributed by atoms with Gasteiger partial charge < -0.3 is 19.5 Å². The van der Waals surface area contributed by atoms with Gasteiger partial charge in [0.25, 0.3) is 5.91 Å². The van der Waals surface area contributed by atoms with E-state index in [1.54, 1.807) is 23.1 Å². The molecule has 0 aromatic heterocycles. The normalized spacial score (nSPS) is 25.9. The van der Waals surface area contributed by atoms with Gasteiger partial charge in [-0.25, -0.2) is 4.79 Å². The molecule has 1 saturated carbocycles. The molecule has 24 heavy (non-hydrogen) atoms. The second-order valence-corrected chi connectivity index (χ2v) is 6.44. The molecule has 2 fully saturated rings. The van der Waals surface area contributed by atoms with E-state index in [0.717, 1.165) is 25.7 Å². The number of hydrogen-bond donors (Lipinski definition) is 1. The number of amides is 1. The van der Waals surface area contributed by atoms with Crippen molar-refractivity contribution >= 4 is 11.9 Å². The average molecular weight is 333 g/mol. The topological polar surface area (TPSA) is 76.1 Å². The van der Waals surface area contributed by atoms with Gasteiger partial charge in [0, 0.05) is 6.04 Å². The summed E-state index contributed by atoms with van der Waals surface area (Å²) in [7, 11) is 1.54. The number of rotatable bonds is 5. The Bertz CT molecular complexity index is 617. The number of fused-ring (bicyclic) bond motifs is 1. The van der Waals surface area contributed by atoms with Crippen LogP contribution in [0, 0.1) is 5.92 Å². The molecule has 3 atom stereocenters. The van der Waals surface area contributed by atoms with E-state index in [0.29, 0.717) is 23.8 Å². The van der Waals surface area contributed by atoms with Crippen LogP contribution in [0.15, 0.2) is 24.3 Å². The first-order valence-corrected chi connectivity index (χ1v) is 8.41. The van der Waals surface area contributed by atoms with Crippen molar-refractivity contribution < 1.29 is 24.2 Å². The molecule has 3 rings (SSSR count). The van der Waals surface area contributed by atoms with Crippen molar-refractivity contribution in [2.24, 2.45) is 5.92 Å². The van der Waals surface area contributed by atoms with Gasteiger partial charge in [-0.1, -0.05) is 25.0 Å². The first-order valence-electron chi connectivity index (χ1n) is 8.41. The number of aliphatic carboxylic acids is 1. The Labute approximate surface area is 141 Å². The Kier molecular flexibility index (Phi) is 4.92. The lowest BCUT2D eigenvalue weighted by Gasteiger charge is -2.32. The molecular formula is C18H23NO5. The molecule has 6 heteroatoms. The number of benzene rings is 1. The maximum atomic E-state index is 12.7. The molecule has 1 saturated heterocycles. The van der Waals surface area contributed by atoms with Gasteiger partial charge in [0.05, 0.1) is 7.11 Å². The van der Waals surface area contributed by atoms with Crippen molar-refractivity contribution in [2.45, 2.75) is 44.2 Å². The van der Waals surface area contributed by atoms with E-state index < -0.39 is 12.0 Å². The lowest BCUT2D eigenvalue weighted by molar-refractivity contribution is -0.150. The molecule has 1 amide bonds. The van der Waals surface area contributed by atoms with E-state index in [1.807, 2.05) is 6.07 Å². The smallest absolute Gasteiger partial charge is 0.326 e. The molecule has 2 aliphatic rings. The summed E-state index contributed by atoms with van der Waals surface area (Å²) in [5.41, 5.74) is 0. The van der Waals surface area contributed by atoms with Crippen molar-refractivity contribution in [3.63, 3.8) is 0 Å². The first kappa shape index (κ1) is 16.6. The Morgan fingerprint density at radius 3 is 2.62 bits per heavy atom. The van der Waals surface area contributed by atoms with Crippen LogP contribution in [0.1, 0.15) is 32.1 Å². The summed E-state index contributed by atoms with van der Waals surface area (Å²) in [5.74, 6) is 0.157. The van der Waals surface area contributed by atoms with Crippen molar-refractivity contribution in [3.8, 4) is 11.5 Å². The number of likely N-dealkylation sites (tertiary alicyclic amines) is 1. The first-order chi connectivity index (χ1) is 11.6. The van der Waals surface area contributed by atoms with Crippen LogP contribution in [0.2, 0.25) is 0 Å². The summed E-state index contributed by atoms with van der Waals surface area (Å²) >= 11 is 0. The van der Waals surface area contributed by atoms with Crippen LogP contribution >= 0.6 is 0 Å². The highest BCUT2D eigenvalue weighted by molar-refractivity contribution is 5.85. The quantitative estimate of drug-likeness (QED) is 0.895. The van der Waals surface area contributed by atoms with Crippen molar-refractivity contribution in [3.05, 3.63) is 24.3 Å². The fourth-order valence-electron chi connectivity index (χ4n) is 3.99. The minimum absolute atomic E-state index is 0.0358. The Morgan fingerprint density at radius 2 is 1.92 bits per heavy atom. The molecule has 1 aromatic rings. The Balaban J connectivity index is 1.71. The predicted octanol–water partition coefficient (Wildman–Crippen LogP) is 2.32. The van der Waals surface area contributed by atoms with Crippen molar-refractivity contribution in [1.29, 1.82) is 0 Å². The van der Waals surface area contributed by atoms with Crippen molar-refractivity contribution in [1.82, 2.24) is 4.90 Å². The zero-order chi connectivity index (χ0) is 17.1. The Morgan fingerprint density at radius 1 is 1.21 bits per heavy atom. The maximum absolute atomic E-state index is 12.7. The largest absolute Gasteiger partial charge is 0.493 e. The number of methoxy groups -OCH3 is 1. The molecule has 1 N–H and O–H groups in total. The predicted molar refractivity (Wildman–Crippen MR) is 87.1 cm³/mol. The van der Waals surface area contributed by atoms with Crippen LogP contribution in [0.5, 0.6) is 11.5 Å². The average Bonchev–Trinajstić information content (AvgIpc) is 3.00. The summed E-state index contributed by atoms with van der Waals surface area (Å²) in [6.45, 7) is -0.173. The van der Waals surface area contributed by atoms with E-state index in [1.165, 1.54) is 7.11 Å². The van der Waals surface area contributed by atoms with Gasteiger partial charge in [0.15, 0.2) is 18.1 Å². The van der Waals surface area contributed by atoms with E-state index in [4.69, 9.17) is 9.47 Å². The van der Waals surface area contributed by atoms with Crippen LogP contribution in [0.25, 0.3) is 0 Å².